The lowest BCUT2D eigenvalue weighted by molar-refractivity contribution is 0.0589. The van der Waals surface area contributed by atoms with Crippen LogP contribution in [0.2, 0.25) is 0 Å². The molecule has 5 rings (SSSR count). The van der Waals surface area contributed by atoms with Gasteiger partial charge < -0.3 is 4.90 Å². The van der Waals surface area contributed by atoms with Crippen molar-refractivity contribution in [2.75, 3.05) is 37.7 Å². The number of hydrogen-bond acceptors (Lipinski definition) is 6. The second-order valence-electron chi connectivity index (χ2n) is 9.17. The first-order valence-electron chi connectivity index (χ1n) is 10.9. The highest BCUT2D eigenvalue weighted by Gasteiger charge is 2.35. The van der Waals surface area contributed by atoms with Gasteiger partial charge in [0, 0.05) is 49.9 Å². The molecule has 4 heterocycles. The molecule has 3 aliphatic rings. The van der Waals surface area contributed by atoms with E-state index in [0.717, 1.165) is 42.7 Å². The van der Waals surface area contributed by atoms with Gasteiger partial charge in [-0.25, -0.2) is 18.1 Å². The highest BCUT2D eigenvalue weighted by molar-refractivity contribution is 7.91. The van der Waals surface area contributed by atoms with Crippen LogP contribution in [0.3, 0.4) is 0 Å². The number of fused-ring (bicyclic) bond motifs is 1. The molecule has 2 aliphatic heterocycles. The lowest BCUT2D eigenvalue weighted by Gasteiger charge is -2.37. The Hall–Kier alpha value is -2.00. The van der Waals surface area contributed by atoms with Crippen molar-refractivity contribution in [3.63, 3.8) is 0 Å². The topological polar surface area (TPSA) is 88.4 Å². The lowest BCUT2D eigenvalue weighted by atomic mass is 10.1. The molecule has 8 nitrogen and oxygen atoms in total. The Morgan fingerprint density at radius 2 is 1.87 bits per heavy atom. The molecule has 1 aliphatic carbocycles. The number of piperazine rings is 1. The number of carbonyl (C=O) groups is 1. The second-order valence-corrected chi connectivity index (χ2v) is 11.4. The van der Waals surface area contributed by atoms with Crippen LogP contribution in [0.1, 0.15) is 61.1 Å². The van der Waals surface area contributed by atoms with E-state index >= 15 is 0 Å². The Morgan fingerprint density at radius 3 is 2.47 bits per heavy atom. The van der Waals surface area contributed by atoms with Gasteiger partial charge in [-0.05, 0) is 39.2 Å². The molecule has 162 valence electrons. The fourth-order valence-corrected chi connectivity index (χ4v) is 6.47. The maximum absolute atomic E-state index is 13.5. The Balaban J connectivity index is 1.37. The number of sulfone groups is 1. The van der Waals surface area contributed by atoms with Gasteiger partial charge in [0.25, 0.3) is 5.91 Å². The summed E-state index contributed by atoms with van der Waals surface area (Å²) in [5, 5.41) is 5.32. The number of nitrogens with zero attached hydrogens (tertiary/aromatic N) is 5. The van der Waals surface area contributed by atoms with Gasteiger partial charge in [-0.15, -0.1) is 0 Å². The van der Waals surface area contributed by atoms with Gasteiger partial charge in [0.2, 0.25) is 0 Å². The number of hydrogen-bond donors (Lipinski definition) is 0. The zero-order chi connectivity index (χ0) is 21.0. The summed E-state index contributed by atoms with van der Waals surface area (Å²) in [6.07, 6.45) is 4.74. The van der Waals surface area contributed by atoms with Gasteiger partial charge in [-0.3, -0.25) is 9.69 Å². The first kappa shape index (κ1) is 19.9. The molecule has 2 aromatic heterocycles. The van der Waals surface area contributed by atoms with Crippen LogP contribution in [0.5, 0.6) is 0 Å². The summed E-state index contributed by atoms with van der Waals surface area (Å²) in [5.74, 6) is 1.03. The average Bonchev–Trinajstić information content (AvgIpc) is 3.38. The maximum Gasteiger partial charge on any atom is 0.254 e. The minimum absolute atomic E-state index is 0.0336. The van der Waals surface area contributed by atoms with E-state index in [9.17, 15) is 13.2 Å². The van der Waals surface area contributed by atoms with Crippen molar-refractivity contribution in [2.45, 2.75) is 51.1 Å². The Morgan fingerprint density at radius 1 is 1.13 bits per heavy atom. The molecule has 0 spiro atoms. The van der Waals surface area contributed by atoms with Gasteiger partial charge in [-0.2, -0.15) is 5.10 Å². The molecule has 2 saturated heterocycles. The summed E-state index contributed by atoms with van der Waals surface area (Å²) in [7, 11) is -2.89. The van der Waals surface area contributed by atoms with Gasteiger partial charge in [0.1, 0.15) is 0 Å². The molecule has 0 radical (unpaired) electrons. The minimum Gasteiger partial charge on any atom is -0.336 e. The number of amides is 1. The molecule has 9 heteroatoms. The van der Waals surface area contributed by atoms with Crippen LogP contribution >= 0.6 is 0 Å². The molecule has 0 N–H and O–H groups in total. The van der Waals surface area contributed by atoms with Crippen LogP contribution in [0, 0.1) is 0 Å². The first-order chi connectivity index (χ1) is 14.3. The predicted octanol–water partition coefficient (Wildman–Crippen LogP) is 1.83. The first-order valence-corrected chi connectivity index (χ1v) is 12.8. The summed E-state index contributed by atoms with van der Waals surface area (Å²) in [5.41, 5.74) is 2.50. The average molecular weight is 432 g/mol. The van der Waals surface area contributed by atoms with Crippen molar-refractivity contribution in [1.82, 2.24) is 24.6 Å². The number of rotatable bonds is 4. The largest absolute Gasteiger partial charge is 0.336 e. The summed E-state index contributed by atoms with van der Waals surface area (Å²) in [4.78, 5) is 22.5. The van der Waals surface area contributed by atoms with E-state index in [1.807, 2.05) is 15.6 Å². The number of carbonyl (C=O) groups excluding carboxylic acids is 1. The van der Waals surface area contributed by atoms with Crippen LogP contribution in [-0.4, -0.2) is 82.6 Å². The van der Waals surface area contributed by atoms with E-state index in [1.165, 1.54) is 0 Å². The van der Waals surface area contributed by atoms with E-state index in [0.29, 0.717) is 31.0 Å². The molecule has 1 atom stereocenters. The summed E-state index contributed by atoms with van der Waals surface area (Å²) >= 11 is 0. The van der Waals surface area contributed by atoms with Crippen molar-refractivity contribution in [3.8, 4) is 0 Å². The zero-order valence-electron chi connectivity index (χ0n) is 17.6. The summed E-state index contributed by atoms with van der Waals surface area (Å²) in [6.45, 7) is 6.83. The third-order valence-electron chi connectivity index (χ3n) is 6.63. The van der Waals surface area contributed by atoms with Crippen LogP contribution in [0.15, 0.2) is 12.3 Å². The van der Waals surface area contributed by atoms with Gasteiger partial charge >= 0.3 is 0 Å². The highest BCUT2D eigenvalue weighted by atomic mass is 32.2. The van der Waals surface area contributed by atoms with E-state index in [1.54, 1.807) is 6.20 Å². The molecule has 2 aromatic rings. The van der Waals surface area contributed by atoms with E-state index in [-0.39, 0.29) is 29.5 Å². The van der Waals surface area contributed by atoms with Crippen molar-refractivity contribution in [1.29, 1.82) is 0 Å². The fraction of sp³-hybridized carbons (Fsp3) is 0.667. The van der Waals surface area contributed by atoms with Crippen LogP contribution in [0.25, 0.3) is 11.0 Å². The molecular weight excluding hydrogens is 402 g/mol. The van der Waals surface area contributed by atoms with Gasteiger partial charge in [0.15, 0.2) is 15.5 Å². The monoisotopic (exact) mass is 431 g/mol. The predicted molar refractivity (Wildman–Crippen MR) is 114 cm³/mol. The Bertz CT molecular complexity index is 1080. The van der Waals surface area contributed by atoms with E-state index < -0.39 is 9.84 Å². The summed E-state index contributed by atoms with van der Waals surface area (Å²) in [6, 6.07) is 2.26. The van der Waals surface area contributed by atoms with Crippen molar-refractivity contribution < 1.29 is 13.2 Å². The second kappa shape index (κ2) is 7.30. The molecule has 0 aromatic carbocycles. The maximum atomic E-state index is 13.5. The standard InChI is InChI=1S/C21H29N5O3S/c1-14(2)26-20-18(12-22-26)17(11-19(23-20)15-3-4-15)21(27)25-8-6-24(7-9-25)16-5-10-30(28,29)13-16/h11-12,14-16H,3-10,13H2,1-2H3/t16-/m1/s1. The molecular formula is C21H29N5O3S. The fourth-order valence-electron chi connectivity index (χ4n) is 4.70. The Kier molecular flexibility index (Phi) is 4.85. The van der Waals surface area contributed by atoms with Crippen LogP contribution in [-0.2, 0) is 9.84 Å². The summed E-state index contributed by atoms with van der Waals surface area (Å²) < 4.78 is 25.5. The SMILES string of the molecule is CC(C)n1ncc2c(C(=O)N3CCN([C@@H]4CCS(=O)(=O)C4)CC3)cc(C3CC3)nc21. The third kappa shape index (κ3) is 3.62. The van der Waals surface area contributed by atoms with Crippen molar-refractivity contribution in [3.05, 3.63) is 23.5 Å². The molecule has 1 amide bonds. The number of pyridine rings is 1. The highest BCUT2D eigenvalue weighted by Crippen LogP contribution is 2.40. The third-order valence-corrected chi connectivity index (χ3v) is 8.38. The smallest absolute Gasteiger partial charge is 0.254 e. The lowest BCUT2D eigenvalue weighted by Crippen LogP contribution is -2.52. The number of aromatic nitrogens is 3. The zero-order valence-corrected chi connectivity index (χ0v) is 18.4. The molecule has 1 saturated carbocycles. The van der Waals surface area contributed by atoms with Crippen molar-refractivity contribution in [2.24, 2.45) is 0 Å². The van der Waals surface area contributed by atoms with Crippen LogP contribution in [0.4, 0.5) is 0 Å². The minimum atomic E-state index is -2.89. The van der Waals surface area contributed by atoms with Gasteiger partial charge in [0.05, 0.1) is 28.7 Å². The normalized spacial score (nSPS) is 24.8. The molecule has 3 fully saturated rings. The Labute approximate surface area is 177 Å². The molecule has 0 unspecified atom stereocenters. The quantitative estimate of drug-likeness (QED) is 0.734. The van der Waals surface area contributed by atoms with E-state index in [2.05, 4.69) is 23.8 Å². The van der Waals surface area contributed by atoms with E-state index in [4.69, 9.17) is 4.98 Å². The van der Waals surface area contributed by atoms with Gasteiger partial charge in [-0.1, -0.05) is 0 Å². The molecule has 0 bridgehead atoms. The van der Waals surface area contributed by atoms with Crippen molar-refractivity contribution >= 4 is 26.8 Å². The molecule has 30 heavy (non-hydrogen) atoms. The van der Waals surface area contributed by atoms with Crippen LogP contribution < -0.4 is 0 Å².